The summed E-state index contributed by atoms with van der Waals surface area (Å²) in [6.07, 6.45) is 12.1. The Morgan fingerprint density at radius 1 is 1.33 bits per heavy atom. The van der Waals surface area contributed by atoms with E-state index in [4.69, 9.17) is 0 Å². The lowest BCUT2D eigenvalue weighted by Gasteiger charge is -2.16. The van der Waals surface area contributed by atoms with E-state index in [0.717, 1.165) is 0 Å². The average molecular weight is 204 g/mol. The van der Waals surface area contributed by atoms with Gasteiger partial charge in [-0.3, -0.25) is 0 Å². The normalized spacial score (nSPS) is 28.3. The summed E-state index contributed by atoms with van der Waals surface area (Å²) in [5.41, 5.74) is 2.84. The summed E-state index contributed by atoms with van der Waals surface area (Å²) in [6.45, 7) is 10.8. The fourth-order valence-corrected chi connectivity index (χ4v) is 2.00. The van der Waals surface area contributed by atoms with Crippen LogP contribution in [0.2, 0.25) is 0 Å². The van der Waals surface area contributed by atoms with Gasteiger partial charge in [-0.15, -0.1) is 0 Å². The highest BCUT2D eigenvalue weighted by atomic mass is 14.1. The predicted octanol–water partition coefficient (Wildman–Crippen LogP) is 4.89. The van der Waals surface area contributed by atoms with Crippen LogP contribution in [0.5, 0.6) is 0 Å². The van der Waals surface area contributed by atoms with Gasteiger partial charge in [-0.1, -0.05) is 42.9 Å². The Kier molecular flexibility index (Phi) is 4.87. The molecule has 1 aliphatic rings. The highest BCUT2D eigenvalue weighted by molar-refractivity contribution is 5.10. The molecule has 0 N–H and O–H groups in total. The molecule has 0 saturated heterocycles. The van der Waals surface area contributed by atoms with Crippen LogP contribution in [0, 0.1) is 11.8 Å². The van der Waals surface area contributed by atoms with Crippen molar-refractivity contribution in [3.8, 4) is 0 Å². The smallest absolute Gasteiger partial charge is 0.00256 e. The van der Waals surface area contributed by atoms with Gasteiger partial charge in [0.05, 0.1) is 0 Å². The van der Waals surface area contributed by atoms with E-state index in [0.29, 0.717) is 11.8 Å². The van der Waals surface area contributed by atoms with Crippen LogP contribution in [0.4, 0.5) is 0 Å². The van der Waals surface area contributed by atoms with Crippen molar-refractivity contribution < 1.29 is 0 Å². The molecule has 2 unspecified atom stereocenters. The maximum Gasteiger partial charge on any atom is -0.00256 e. The Morgan fingerprint density at radius 3 is 2.73 bits per heavy atom. The molecule has 0 fully saturated rings. The Bertz CT molecular complexity index is 268. The first-order valence-corrected chi connectivity index (χ1v) is 6.09. The van der Waals surface area contributed by atoms with Gasteiger partial charge < -0.3 is 0 Å². The first kappa shape index (κ1) is 12.3. The molecule has 0 saturated carbocycles. The van der Waals surface area contributed by atoms with Crippen molar-refractivity contribution in [3.05, 3.63) is 36.0 Å². The number of allylic oxidation sites excluding steroid dienone is 5. The maximum atomic E-state index is 4.08. The largest absolute Gasteiger partial charge is 0.0995 e. The van der Waals surface area contributed by atoms with Crippen LogP contribution in [0.15, 0.2) is 36.0 Å². The molecule has 0 nitrogen and oxygen atoms in total. The van der Waals surface area contributed by atoms with E-state index in [9.17, 15) is 0 Å². The molecule has 1 aliphatic carbocycles. The van der Waals surface area contributed by atoms with Gasteiger partial charge in [0.15, 0.2) is 0 Å². The van der Waals surface area contributed by atoms with Crippen LogP contribution in [0.25, 0.3) is 0 Å². The molecule has 0 heterocycles. The number of rotatable bonds is 1. The van der Waals surface area contributed by atoms with Gasteiger partial charge >= 0.3 is 0 Å². The minimum Gasteiger partial charge on any atom is -0.0995 e. The molecule has 0 spiro atoms. The fraction of sp³-hybridized carbons (Fsp3) is 0.600. The molecule has 15 heavy (non-hydrogen) atoms. The molecule has 0 aromatic rings. The zero-order chi connectivity index (χ0) is 11.3. The summed E-state index contributed by atoms with van der Waals surface area (Å²) in [5.74, 6) is 1.28. The summed E-state index contributed by atoms with van der Waals surface area (Å²) < 4.78 is 0. The van der Waals surface area contributed by atoms with E-state index in [2.05, 4.69) is 45.6 Å². The van der Waals surface area contributed by atoms with Gasteiger partial charge in [-0.25, -0.2) is 0 Å². The third-order valence-corrected chi connectivity index (χ3v) is 3.27. The van der Waals surface area contributed by atoms with E-state index >= 15 is 0 Å². The topological polar surface area (TPSA) is 0 Å². The van der Waals surface area contributed by atoms with Gasteiger partial charge in [0, 0.05) is 0 Å². The van der Waals surface area contributed by atoms with Crippen molar-refractivity contribution in [2.45, 2.75) is 46.5 Å². The van der Waals surface area contributed by atoms with Gasteiger partial charge in [0.1, 0.15) is 0 Å². The second-order valence-electron chi connectivity index (χ2n) is 4.98. The maximum absolute atomic E-state index is 4.08. The van der Waals surface area contributed by atoms with E-state index in [1.807, 2.05) is 0 Å². The van der Waals surface area contributed by atoms with Crippen molar-refractivity contribution in [1.29, 1.82) is 0 Å². The lowest BCUT2D eigenvalue weighted by molar-refractivity contribution is 0.616. The molecule has 2 atom stereocenters. The first-order valence-electron chi connectivity index (χ1n) is 6.09. The molecule has 0 radical (unpaired) electrons. The highest BCUT2D eigenvalue weighted by Gasteiger charge is 2.08. The van der Waals surface area contributed by atoms with Crippen LogP contribution in [-0.4, -0.2) is 0 Å². The first-order chi connectivity index (χ1) is 7.09. The lowest BCUT2D eigenvalue weighted by Crippen LogP contribution is -2.01. The quantitative estimate of drug-likeness (QED) is 0.533. The fourth-order valence-electron chi connectivity index (χ4n) is 2.00. The zero-order valence-electron chi connectivity index (χ0n) is 10.4. The lowest BCUT2D eigenvalue weighted by atomic mass is 9.90. The molecular formula is C15H24. The van der Waals surface area contributed by atoms with Gasteiger partial charge in [0.25, 0.3) is 0 Å². The van der Waals surface area contributed by atoms with Crippen LogP contribution in [-0.2, 0) is 0 Å². The summed E-state index contributed by atoms with van der Waals surface area (Å²) in [7, 11) is 0. The molecule has 0 aromatic heterocycles. The van der Waals surface area contributed by atoms with Crippen LogP contribution in [0.3, 0.4) is 0 Å². The number of hydrogen-bond donors (Lipinski definition) is 0. The molecule has 0 amide bonds. The number of hydrogen-bond acceptors (Lipinski definition) is 0. The van der Waals surface area contributed by atoms with Crippen molar-refractivity contribution in [2.24, 2.45) is 11.8 Å². The summed E-state index contributed by atoms with van der Waals surface area (Å²) in [4.78, 5) is 0. The van der Waals surface area contributed by atoms with E-state index in [-0.39, 0.29) is 0 Å². The van der Waals surface area contributed by atoms with E-state index in [1.165, 1.54) is 31.3 Å². The summed E-state index contributed by atoms with van der Waals surface area (Å²) >= 11 is 0. The predicted molar refractivity (Wildman–Crippen MR) is 68.8 cm³/mol. The van der Waals surface area contributed by atoms with Crippen LogP contribution in [0.1, 0.15) is 46.5 Å². The summed E-state index contributed by atoms with van der Waals surface area (Å²) in [6, 6.07) is 0. The minimum atomic E-state index is 0.578. The van der Waals surface area contributed by atoms with Crippen LogP contribution >= 0.6 is 0 Å². The third kappa shape index (κ3) is 4.51. The molecule has 0 heteroatoms. The van der Waals surface area contributed by atoms with Gasteiger partial charge in [0.2, 0.25) is 0 Å². The van der Waals surface area contributed by atoms with Crippen LogP contribution < -0.4 is 0 Å². The second kappa shape index (κ2) is 5.95. The molecule has 1 rings (SSSR count). The highest BCUT2D eigenvalue weighted by Crippen LogP contribution is 2.23. The van der Waals surface area contributed by atoms with Crippen molar-refractivity contribution in [2.75, 3.05) is 0 Å². The van der Waals surface area contributed by atoms with Gasteiger partial charge in [-0.2, -0.15) is 0 Å². The monoisotopic (exact) mass is 204 g/mol. The van der Waals surface area contributed by atoms with Gasteiger partial charge in [-0.05, 0) is 51.4 Å². The summed E-state index contributed by atoms with van der Waals surface area (Å²) in [5, 5.41) is 0. The third-order valence-electron chi connectivity index (χ3n) is 3.27. The second-order valence-corrected chi connectivity index (χ2v) is 4.98. The van der Waals surface area contributed by atoms with E-state index in [1.54, 1.807) is 5.57 Å². The Hall–Kier alpha value is -0.780. The van der Waals surface area contributed by atoms with Crippen molar-refractivity contribution in [3.63, 3.8) is 0 Å². The molecular weight excluding hydrogens is 180 g/mol. The molecule has 0 aliphatic heterocycles. The Morgan fingerprint density at radius 2 is 2.07 bits per heavy atom. The molecule has 0 bridgehead atoms. The molecule has 0 aromatic carbocycles. The average Bonchev–Trinajstić information content (AvgIpc) is 2.16. The zero-order valence-corrected chi connectivity index (χ0v) is 10.4. The Balaban J connectivity index is 2.70. The van der Waals surface area contributed by atoms with Crippen molar-refractivity contribution >= 4 is 0 Å². The SMILES string of the molecule is C=C(C)C1C=CC(C)CCC=C(C)CC1. The van der Waals surface area contributed by atoms with Crippen molar-refractivity contribution in [1.82, 2.24) is 0 Å². The Labute approximate surface area is 94.8 Å². The minimum absolute atomic E-state index is 0.578. The standard InChI is InChI=1S/C15H24/c1-12(2)15-10-8-13(3)6-5-7-14(4)9-11-15/h6,9,11,14-15H,1,5,7-8,10H2,2-4H3. The molecule has 84 valence electrons. The van der Waals surface area contributed by atoms with E-state index < -0.39 is 0 Å².